The molecule has 0 heterocycles. The van der Waals surface area contributed by atoms with E-state index in [9.17, 15) is 14.0 Å². The molecule has 0 saturated heterocycles. The third-order valence-corrected chi connectivity index (χ3v) is 3.65. The maximum atomic E-state index is 13.1. The Morgan fingerprint density at radius 3 is 2.44 bits per heavy atom. The lowest BCUT2D eigenvalue weighted by molar-refractivity contribution is -0.155. The minimum Gasteiger partial charge on any atom is -0.444 e. The molecule has 0 saturated carbocycles. The van der Waals surface area contributed by atoms with Crippen LogP contribution in [0.2, 0.25) is 5.02 Å². The van der Waals surface area contributed by atoms with Gasteiger partial charge < -0.3 is 9.64 Å². The van der Waals surface area contributed by atoms with Crippen LogP contribution >= 0.6 is 11.6 Å². The van der Waals surface area contributed by atoms with Crippen molar-refractivity contribution in [2.24, 2.45) is 0 Å². The topological polar surface area (TPSA) is 46.6 Å². The number of amides is 1. The standard InChI is InChI=1S/C19H17ClFNO3/c1-22(2)19(24)18(14-6-4-3-5-7-14)25-17(23)11-9-13-8-10-16(21)15(20)12-13/h3-12,18H,1-2H3/b11-9+/t18-/m1/s1. The second-order valence-corrected chi connectivity index (χ2v) is 5.87. The average Bonchev–Trinajstić information content (AvgIpc) is 2.60. The maximum Gasteiger partial charge on any atom is 0.331 e. The number of ether oxygens (including phenoxy) is 1. The molecule has 130 valence electrons. The van der Waals surface area contributed by atoms with Gasteiger partial charge in [0.15, 0.2) is 0 Å². The quantitative estimate of drug-likeness (QED) is 0.600. The van der Waals surface area contributed by atoms with Crippen LogP contribution in [-0.2, 0) is 14.3 Å². The van der Waals surface area contributed by atoms with Crippen LogP contribution in [0, 0.1) is 5.82 Å². The molecule has 0 radical (unpaired) electrons. The summed E-state index contributed by atoms with van der Waals surface area (Å²) in [5, 5.41) is -0.0412. The zero-order valence-corrected chi connectivity index (χ0v) is 14.5. The van der Waals surface area contributed by atoms with Gasteiger partial charge in [0, 0.05) is 25.7 Å². The summed E-state index contributed by atoms with van der Waals surface area (Å²) in [5.74, 6) is -1.58. The van der Waals surface area contributed by atoms with Gasteiger partial charge in [-0.1, -0.05) is 48.0 Å². The predicted octanol–water partition coefficient (Wildman–Crippen LogP) is 3.87. The van der Waals surface area contributed by atoms with Gasteiger partial charge in [0.1, 0.15) is 5.82 Å². The number of rotatable bonds is 5. The van der Waals surface area contributed by atoms with Gasteiger partial charge in [-0.3, -0.25) is 4.79 Å². The van der Waals surface area contributed by atoms with Crippen molar-refractivity contribution in [3.63, 3.8) is 0 Å². The molecule has 6 heteroatoms. The van der Waals surface area contributed by atoms with Crippen LogP contribution in [0.1, 0.15) is 17.2 Å². The molecule has 0 aromatic heterocycles. The van der Waals surface area contributed by atoms with E-state index in [4.69, 9.17) is 16.3 Å². The van der Waals surface area contributed by atoms with Gasteiger partial charge in [-0.05, 0) is 23.8 Å². The first-order valence-corrected chi connectivity index (χ1v) is 7.86. The summed E-state index contributed by atoms with van der Waals surface area (Å²) in [6.45, 7) is 0. The monoisotopic (exact) mass is 361 g/mol. The molecule has 4 nitrogen and oxygen atoms in total. The lowest BCUT2D eigenvalue weighted by Gasteiger charge is -2.20. The van der Waals surface area contributed by atoms with Gasteiger partial charge in [-0.25, -0.2) is 9.18 Å². The van der Waals surface area contributed by atoms with E-state index in [1.54, 1.807) is 44.4 Å². The molecule has 0 aliphatic heterocycles. The van der Waals surface area contributed by atoms with Crippen LogP contribution in [0.5, 0.6) is 0 Å². The first-order valence-electron chi connectivity index (χ1n) is 7.48. The molecule has 1 atom stereocenters. The van der Waals surface area contributed by atoms with Crippen molar-refractivity contribution in [3.05, 3.63) is 76.6 Å². The Morgan fingerprint density at radius 2 is 1.84 bits per heavy atom. The van der Waals surface area contributed by atoms with E-state index in [1.807, 2.05) is 0 Å². The number of benzene rings is 2. The third-order valence-electron chi connectivity index (χ3n) is 3.36. The van der Waals surface area contributed by atoms with E-state index in [-0.39, 0.29) is 10.9 Å². The number of halogens is 2. The molecular formula is C19H17ClFNO3. The summed E-state index contributed by atoms with van der Waals surface area (Å²) in [5.41, 5.74) is 1.12. The van der Waals surface area contributed by atoms with Crippen LogP contribution in [0.3, 0.4) is 0 Å². The van der Waals surface area contributed by atoms with Crippen molar-refractivity contribution in [2.45, 2.75) is 6.10 Å². The Hall–Kier alpha value is -2.66. The number of hydrogen-bond acceptors (Lipinski definition) is 3. The van der Waals surface area contributed by atoms with Crippen molar-refractivity contribution in [2.75, 3.05) is 14.1 Å². The second kappa shape index (κ2) is 8.44. The molecule has 0 aliphatic rings. The molecular weight excluding hydrogens is 345 g/mol. The van der Waals surface area contributed by atoms with Crippen LogP contribution in [-0.4, -0.2) is 30.9 Å². The second-order valence-electron chi connectivity index (χ2n) is 5.47. The Morgan fingerprint density at radius 1 is 1.16 bits per heavy atom. The maximum absolute atomic E-state index is 13.1. The van der Waals surface area contributed by atoms with E-state index < -0.39 is 17.9 Å². The molecule has 2 aromatic carbocycles. The smallest absolute Gasteiger partial charge is 0.331 e. The molecule has 0 aliphatic carbocycles. The van der Waals surface area contributed by atoms with Crippen LogP contribution in [0.15, 0.2) is 54.6 Å². The number of esters is 1. The van der Waals surface area contributed by atoms with Gasteiger partial charge in [0.25, 0.3) is 5.91 Å². The number of carbonyl (C=O) groups is 2. The lowest BCUT2D eigenvalue weighted by atomic mass is 10.1. The zero-order valence-electron chi connectivity index (χ0n) is 13.8. The van der Waals surface area contributed by atoms with Crippen molar-refractivity contribution in [1.82, 2.24) is 4.90 Å². The van der Waals surface area contributed by atoms with Crippen LogP contribution in [0.4, 0.5) is 4.39 Å². The molecule has 0 N–H and O–H groups in total. The molecule has 2 aromatic rings. The van der Waals surface area contributed by atoms with E-state index in [0.29, 0.717) is 11.1 Å². The number of hydrogen-bond donors (Lipinski definition) is 0. The molecule has 0 spiro atoms. The lowest BCUT2D eigenvalue weighted by Crippen LogP contribution is -2.30. The predicted molar refractivity (Wildman–Crippen MR) is 94.4 cm³/mol. The van der Waals surface area contributed by atoms with E-state index in [1.165, 1.54) is 35.3 Å². The highest BCUT2D eigenvalue weighted by Crippen LogP contribution is 2.20. The Labute approximate surface area is 150 Å². The highest BCUT2D eigenvalue weighted by molar-refractivity contribution is 6.30. The Bertz CT molecular complexity index is 791. The highest BCUT2D eigenvalue weighted by Gasteiger charge is 2.25. The normalized spacial score (nSPS) is 12.0. The van der Waals surface area contributed by atoms with E-state index in [2.05, 4.69) is 0 Å². The van der Waals surface area contributed by atoms with Crippen LogP contribution < -0.4 is 0 Å². The number of carbonyl (C=O) groups excluding carboxylic acids is 2. The minimum absolute atomic E-state index is 0.0412. The average molecular weight is 362 g/mol. The molecule has 0 bridgehead atoms. The Balaban J connectivity index is 2.15. The first kappa shape index (κ1) is 18.7. The summed E-state index contributed by atoms with van der Waals surface area (Å²) >= 11 is 5.69. The summed E-state index contributed by atoms with van der Waals surface area (Å²) < 4.78 is 18.4. The molecule has 25 heavy (non-hydrogen) atoms. The van der Waals surface area contributed by atoms with Gasteiger partial charge in [0.2, 0.25) is 6.10 Å². The van der Waals surface area contributed by atoms with Crippen LogP contribution in [0.25, 0.3) is 6.08 Å². The van der Waals surface area contributed by atoms with Crippen molar-refractivity contribution in [3.8, 4) is 0 Å². The number of nitrogens with zero attached hydrogens (tertiary/aromatic N) is 1. The first-order chi connectivity index (χ1) is 11.9. The minimum atomic E-state index is -1.04. The van der Waals surface area contributed by atoms with Gasteiger partial charge in [-0.2, -0.15) is 0 Å². The fraction of sp³-hybridized carbons (Fsp3) is 0.158. The summed E-state index contributed by atoms with van der Waals surface area (Å²) in [6, 6.07) is 12.8. The third kappa shape index (κ3) is 5.16. The molecule has 0 unspecified atom stereocenters. The van der Waals surface area contributed by atoms with Crippen molar-refractivity contribution >= 4 is 29.6 Å². The van der Waals surface area contributed by atoms with Gasteiger partial charge in [0.05, 0.1) is 5.02 Å². The van der Waals surface area contributed by atoms with E-state index >= 15 is 0 Å². The molecule has 0 fully saturated rings. The summed E-state index contributed by atoms with van der Waals surface area (Å²) in [4.78, 5) is 25.7. The summed E-state index contributed by atoms with van der Waals surface area (Å²) in [6.07, 6.45) is 1.57. The molecule has 2 rings (SSSR count). The van der Waals surface area contributed by atoms with E-state index in [0.717, 1.165) is 0 Å². The Kier molecular flexibility index (Phi) is 6.31. The SMILES string of the molecule is CN(C)C(=O)[C@H](OC(=O)/C=C/c1ccc(F)c(Cl)c1)c1ccccc1. The van der Waals surface area contributed by atoms with Gasteiger partial charge in [-0.15, -0.1) is 0 Å². The van der Waals surface area contributed by atoms with Gasteiger partial charge >= 0.3 is 5.97 Å². The fourth-order valence-electron chi connectivity index (χ4n) is 2.06. The van der Waals surface area contributed by atoms with Crippen molar-refractivity contribution in [1.29, 1.82) is 0 Å². The molecule has 1 amide bonds. The largest absolute Gasteiger partial charge is 0.444 e. The van der Waals surface area contributed by atoms with Crippen molar-refractivity contribution < 1.29 is 18.7 Å². The fourth-order valence-corrected chi connectivity index (χ4v) is 2.25. The highest BCUT2D eigenvalue weighted by atomic mass is 35.5. The zero-order chi connectivity index (χ0) is 18.4. The summed E-state index contributed by atoms with van der Waals surface area (Å²) in [7, 11) is 3.17. The number of likely N-dealkylation sites (N-methyl/N-ethyl adjacent to an activating group) is 1.